The monoisotopic (exact) mass is 224 g/mol. The third-order valence-corrected chi connectivity index (χ3v) is 2.11. The lowest BCUT2D eigenvalue weighted by Gasteiger charge is -2.02. The van der Waals surface area contributed by atoms with Crippen LogP contribution in [0, 0.1) is 5.82 Å². The zero-order chi connectivity index (χ0) is 10.8. The van der Waals surface area contributed by atoms with E-state index in [2.05, 4.69) is 9.97 Å². The highest BCUT2D eigenvalue weighted by molar-refractivity contribution is 6.30. The molecule has 0 saturated carbocycles. The van der Waals surface area contributed by atoms with Crippen molar-refractivity contribution in [2.45, 2.75) is 0 Å². The van der Waals surface area contributed by atoms with Gasteiger partial charge in [-0.3, -0.25) is 9.78 Å². The fourth-order valence-electron chi connectivity index (χ4n) is 1.22. The summed E-state index contributed by atoms with van der Waals surface area (Å²) in [6, 6.07) is 4.22. The van der Waals surface area contributed by atoms with E-state index in [0.29, 0.717) is 10.7 Å². The zero-order valence-electron chi connectivity index (χ0n) is 7.50. The molecule has 0 atom stereocenters. The third kappa shape index (κ3) is 2.05. The Balaban J connectivity index is 2.59. The smallest absolute Gasteiger partial charge is 0.266 e. The Labute approximate surface area is 89.6 Å². The van der Waals surface area contributed by atoms with Crippen LogP contribution in [0.25, 0.3) is 11.3 Å². The highest BCUT2D eigenvalue weighted by Gasteiger charge is 2.06. The summed E-state index contributed by atoms with van der Waals surface area (Å²) in [5.74, 6) is -0.494. The van der Waals surface area contributed by atoms with Crippen LogP contribution in [0.3, 0.4) is 0 Å². The summed E-state index contributed by atoms with van der Waals surface area (Å²) < 4.78 is 13.4. The molecule has 0 radical (unpaired) electrons. The zero-order valence-corrected chi connectivity index (χ0v) is 8.25. The number of benzene rings is 1. The number of halogens is 2. The highest BCUT2D eigenvalue weighted by Crippen LogP contribution is 2.22. The van der Waals surface area contributed by atoms with Gasteiger partial charge >= 0.3 is 0 Å². The van der Waals surface area contributed by atoms with Crippen LogP contribution in [0.5, 0.6) is 0 Å². The van der Waals surface area contributed by atoms with Crippen molar-refractivity contribution in [3.8, 4) is 11.3 Å². The van der Waals surface area contributed by atoms with E-state index >= 15 is 0 Å². The first kappa shape index (κ1) is 9.86. The van der Waals surface area contributed by atoms with Crippen LogP contribution < -0.4 is 5.56 Å². The molecule has 0 bridgehead atoms. The van der Waals surface area contributed by atoms with Gasteiger partial charge in [-0.05, 0) is 18.2 Å². The van der Waals surface area contributed by atoms with Gasteiger partial charge in [0.1, 0.15) is 5.82 Å². The molecule has 3 nitrogen and oxygen atoms in total. The van der Waals surface area contributed by atoms with Crippen molar-refractivity contribution in [1.29, 1.82) is 0 Å². The molecule has 2 aromatic rings. The van der Waals surface area contributed by atoms with Gasteiger partial charge in [-0.1, -0.05) is 11.6 Å². The first-order valence-electron chi connectivity index (χ1n) is 4.16. The third-order valence-electron chi connectivity index (χ3n) is 1.87. The number of aromatic amines is 1. The van der Waals surface area contributed by atoms with Gasteiger partial charge in [-0.2, -0.15) is 0 Å². The summed E-state index contributed by atoms with van der Waals surface area (Å²) in [6.45, 7) is 0. The minimum Gasteiger partial charge on any atom is -0.319 e. The molecule has 0 aliphatic carbocycles. The van der Waals surface area contributed by atoms with Crippen LogP contribution in [0.2, 0.25) is 5.02 Å². The van der Waals surface area contributed by atoms with E-state index < -0.39 is 5.82 Å². The molecule has 0 aliphatic rings. The Kier molecular flexibility index (Phi) is 2.51. The molecule has 0 unspecified atom stereocenters. The maximum Gasteiger partial charge on any atom is 0.266 e. The molecule has 1 aromatic carbocycles. The fraction of sp³-hybridized carbons (Fsp3) is 0. The van der Waals surface area contributed by atoms with E-state index in [1.807, 2.05) is 0 Å². The predicted octanol–water partition coefficient (Wildman–Crippen LogP) is 2.23. The number of hydrogen-bond donors (Lipinski definition) is 1. The second-order valence-electron chi connectivity index (χ2n) is 2.93. The maximum atomic E-state index is 13.4. The van der Waals surface area contributed by atoms with E-state index in [1.54, 1.807) is 6.07 Å². The molecule has 0 amide bonds. The molecule has 15 heavy (non-hydrogen) atoms. The van der Waals surface area contributed by atoms with E-state index in [4.69, 9.17) is 11.6 Å². The maximum absolute atomic E-state index is 13.4. The lowest BCUT2D eigenvalue weighted by atomic mass is 10.1. The van der Waals surface area contributed by atoms with E-state index in [-0.39, 0.29) is 11.1 Å². The van der Waals surface area contributed by atoms with Gasteiger partial charge in [-0.15, -0.1) is 0 Å². The summed E-state index contributed by atoms with van der Waals surface area (Å²) in [4.78, 5) is 17.1. The summed E-state index contributed by atoms with van der Waals surface area (Å²) >= 11 is 5.61. The largest absolute Gasteiger partial charge is 0.319 e. The van der Waals surface area contributed by atoms with Gasteiger partial charge in [-0.25, -0.2) is 4.39 Å². The van der Waals surface area contributed by atoms with Gasteiger partial charge in [0.15, 0.2) is 0 Å². The molecule has 5 heteroatoms. The van der Waals surface area contributed by atoms with Crippen molar-refractivity contribution < 1.29 is 4.39 Å². The van der Waals surface area contributed by atoms with E-state index in [0.717, 1.165) is 6.20 Å². The molecule has 1 N–H and O–H groups in total. The Morgan fingerprint density at radius 3 is 2.80 bits per heavy atom. The number of H-pyrrole nitrogens is 1. The van der Waals surface area contributed by atoms with E-state index in [1.165, 1.54) is 18.3 Å². The number of nitrogens with one attached hydrogen (secondary N) is 1. The lowest BCUT2D eigenvalue weighted by molar-refractivity contribution is 0.630. The molecular weight excluding hydrogens is 219 g/mol. The summed E-state index contributed by atoms with van der Waals surface area (Å²) in [5.41, 5.74) is 0.225. The van der Waals surface area contributed by atoms with Gasteiger partial charge in [0.2, 0.25) is 0 Å². The fourth-order valence-corrected chi connectivity index (χ4v) is 1.38. The van der Waals surface area contributed by atoms with Crippen LogP contribution in [0.1, 0.15) is 0 Å². The number of nitrogens with zero attached hydrogens (tertiary/aromatic N) is 1. The van der Waals surface area contributed by atoms with Gasteiger partial charge in [0, 0.05) is 10.6 Å². The molecule has 2 rings (SSSR count). The van der Waals surface area contributed by atoms with Crippen molar-refractivity contribution in [2.24, 2.45) is 0 Å². The molecule has 1 aromatic heterocycles. The summed E-state index contributed by atoms with van der Waals surface area (Å²) in [7, 11) is 0. The Morgan fingerprint density at radius 1 is 1.33 bits per heavy atom. The van der Waals surface area contributed by atoms with Crippen LogP contribution in [-0.2, 0) is 0 Å². The SMILES string of the molecule is O=c1cncc(-c2ccc(Cl)cc2F)[nH]1. The standard InChI is InChI=1S/C10H6ClFN2O/c11-6-1-2-7(8(12)3-6)9-4-13-5-10(15)14-9/h1-5H,(H,14,15). The second kappa shape index (κ2) is 3.82. The van der Waals surface area contributed by atoms with Crippen molar-refractivity contribution in [2.75, 3.05) is 0 Å². The Bertz CT molecular complexity index is 553. The normalized spacial score (nSPS) is 10.3. The second-order valence-corrected chi connectivity index (χ2v) is 3.37. The Morgan fingerprint density at radius 2 is 2.13 bits per heavy atom. The minimum absolute atomic E-state index is 0.268. The Hall–Kier alpha value is -1.68. The number of aromatic nitrogens is 2. The van der Waals surface area contributed by atoms with Crippen molar-refractivity contribution in [1.82, 2.24) is 9.97 Å². The average Bonchev–Trinajstić information content (AvgIpc) is 2.17. The molecule has 1 heterocycles. The topological polar surface area (TPSA) is 45.8 Å². The first-order valence-corrected chi connectivity index (χ1v) is 4.54. The molecular formula is C10H6ClFN2O. The molecule has 0 fully saturated rings. The van der Waals surface area contributed by atoms with Crippen molar-refractivity contribution in [3.63, 3.8) is 0 Å². The average molecular weight is 225 g/mol. The van der Waals surface area contributed by atoms with Gasteiger partial charge in [0.05, 0.1) is 18.1 Å². The highest BCUT2D eigenvalue weighted by atomic mass is 35.5. The molecule has 0 spiro atoms. The van der Waals surface area contributed by atoms with Crippen LogP contribution in [0.15, 0.2) is 35.4 Å². The lowest BCUT2D eigenvalue weighted by Crippen LogP contribution is -2.06. The van der Waals surface area contributed by atoms with E-state index in [9.17, 15) is 9.18 Å². The predicted molar refractivity (Wildman–Crippen MR) is 55.3 cm³/mol. The van der Waals surface area contributed by atoms with Gasteiger partial charge in [0.25, 0.3) is 5.56 Å². The summed E-state index contributed by atoms with van der Waals surface area (Å²) in [6.07, 6.45) is 2.51. The van der Waals surface area contributed by atoms with Crippen LogP contribution in [-0.4, -0.2) is 9.97 Å². The summed E-state index contributed by atoms with van der Waals surface area (Å²) in [5, 5.41) is 0.308. The minimum atomic E-state index is -0.494. The van der Waals surface area contributed by atoms with Crippen LogP contribution in [0.4, 0.5) is 4.39 Å². The van der Waals surface area contributed by atoms with Gasteiger partial charge < -0.3 is 4.98 Å². The quantitative estimate of drug-likeness (QED) is 0.808. The molecule has 0 aliphatic heterocycles. The molecule has 76 valence electrons. The number of hydrogen-bond acceptors (Lipinski definition) is 2. The number of rotatable bonds is 1. The van der Waals surface area contributed by atoms with Crippen molar-refractivity contribution in [3.05, 3.63) is 51.8 Å². The first-order chi connectivity index (χ1) is 7.16. The van der Waals surface area contributed by atoms with Crippen molar-refractivity contribution >= 4 is 11.6 Å². The van der Waals surface area contributed by atoms with Crippen LogP contribution >= 0.6 is 11.6 Å². The molecule has 0 saturated heterocycles.